The lowest BCUT2D eigenvalue weighted by Gasteiger charge is -1.89. The van der Waals surface area contributed by atoms with E-state index >= 15 is 0 Å². The summed E-state index contributed by atoms with van der Waals surface area (Å²) >= 11 is 1.57. The number of nitrogens with zero attached hydrogens (tertiary/aromatic N) is 2. The number of aromatic nitrogens is 2. The van der Waals surface area contributed by atoms with Crippen LogP contribution >= 0.6 is 11.3 Å². The van der Waals surface area contributed by atoms with E-state index < -0.39 is 0 Å². The highest BCUT2D eigenvalue weighted by Gasteiger charge is 1.98. The van der Waals surface area contributed by atoms with E-state index in [1.165, 1.54) is 0 Å². The minimum absolute atomic E-state index is 0.822. The van der Waals surface area contributed by atoms with E-state index in [1.54, 1.807) is 23.7 Å². The molecule has 0 saturated heterocycles. The van der Waals surface area contributed by atoms with E-state index in [9.17, 15) is 0 Å². The zero-order chi connectivity index (χ0) is 7.52. The molecule has 0 unspecified atom stereocenters. The summed E-state index contributed by atoms with van der Waals surface area (Å²) in [6.07, 6.45) is 3.51. The average Bonchev–Trinajstić information content (AvgIpc) is 2.58. The van der Waals surface area contributed by atoms with E-state index in [0.29, 0.717) is 0 Å². The fraction of sp³-hybridized carbons (Fsp3) is 0. The lowest BCUT2D eigenvalue weighted by atomic mass is 10.4. The summed E-state index contributed by atoms with van der Waals surface area (Å²) in [4.78, 5) is 8.22. The van der Waals surface area contributed by atoms with Gasteiger partial charge in [0.15, 0.2) is 0 Å². The highest BCUT2D eigenvalue weighted by Crippen LogP contribution is 2.17. The summed E-state index contributed by atoms with van der Waals surface area (Å²) in [5.74, 6) is 0. The van der Waals surface area contributed by atoms with Crippen molar-refractivity contribution in [2.24, 2.45) is 0 Å². The Balaban J connectivity index is 2.46. The summed E-state index contributed by atoms with van der Waals surface area (Å²) in [6, 6.07) is 6.69. The molecule has 3 heteroatoms. The quantitative estimate of drug-likeness (QED) is 0.639. The Labute approximate surface area is 68.6 Å². The Morgan fingerprint density at radius 2 is 2.27 bits per heavy atom. The van der Waals surface area contributed by atoms with Crippen LogP contribution in [-0.2, 0) is 0 Å². The van der Waals surface area contributed by atoms with Crippen LogP contribution in [0.4, 0.5) is 0 Å². The Morgan fingerprint density at radius 3 is 2.91 bits per heavy atom. The molecule has 0 bridgehead atoms. The number of thiazole rings is 1. The van der Waals surface area contributed by atoms with Crippen molar-refractivity contribution in [3.8, 4) is 10.7 Å². The monoisotopic (exact) mass is 161 g/mol. The molecule has 0 fully saturated rings. The molecule has 2 nitrogen and oxygen atoms in total. The van der Waals surface area contributed by atoms with E-state index in [2.05, 4.69) is 16.0 Å². The molecule has 0 aromatic carbocycles. The van der Waals surface area contributed by atoms with Crippen LogP contribution in [0.3, 0.4) is 0 Å². The fourth-order valence-electron chi connectivity index (χ4n) is 0.782. The third-order valence-electron chi connectivity index (χ3n) is 1.24. The third kappa shape index (κ3) is 1.28. The van der Waals surface area contributed by atoms with Gasteiger partial charge in [0.2, 0.25) is 0 Å². The summed E-state index contributed by atoms with van der Waals surface area (Å²) < 4.78 is 0. The fourth-order valence-corrected chi connectivity index (χ4v) is 1.38. The second kappa shape index (κ2) is 2.80. The van der Waals surface area contributed by atoms with E-state index in [-0.39, 0.29) is 0 Å². The van der Waals surface area contributed by atoms with Gasteiger partial charge in [-0.2, -0.15) is 0 Å². The van der Waals surface area contributed by atoms with Crippen LogP contribution in [0.15, 0.2) is 29.9 Å². The van der Waals surface area contributed by atoms with Crippen molar-refractivity contribution in [3.05, 3.63) is 36.0 Å². The van der Waals surface area contributed by atoms with E-state index in [1.807, 2.05) is 17.5 Å². The summed E-state index contributed by atoms with van der Waals surface area (Å²) in [6.45, 7) is 0. The van der Waals surface area contributed by atoms with Crippen molar-refractivity contribution in [3.63, 3.8) is 0 Å². The molecule has 0 spiro atoms. The average molecular weight is 161 g/mol. The molecule has 11 heavy (non-hydrogen) atoms. The highest BCUT2D eigenvalue weighted by molar-refractivity contribution is 7.13. The van der Waals surface area contributed by atoms with Crippen LogP contribution in [0.2, 0.25) is 0 Å². The van der Waals surface area contributed by atoms with Gasteiger partial charge < -0.3 is 0 Å². The van der Waals surface area contributed by atoms with Crippen molar-refractivity contribution in [2.45, 2.75) is 0 Å². The van der Waals surface area contributed by atoms with Gasteiger partial charge in [0.25, 0.3) is 0 Å². The molecular formula is C8H5N2S. The number of rotatable bonds is 1. The standard InChI is InChI=1S/C8H5N2S/c1-2-4-9-7(3-1)8-10-5-6-11-8/h1-2,4-6H. The van der Waals surface area contributed by atoms with Gasteiger partial charge in [-0.25, -0.2) is 4.98 Å². The third-order valence-corrected chi connectivity index (χ3v) is 2.02. The normalized spacial score (nSPS) is 9.82. The summed E-state index contributed by atoms with van der Waals surface area (Å²) in [5, 5.41) is 2.85. The molecule has 0 amide bonds. The second-order valence-electron chi connectivity index (χ2n) is 1.97. The van der Waals surface area contributed by atoms with Crippen LogP contribution in [-0.4, -0.2) is 9.97 Å². The molecule has 0 aliphatic heterocycles. The Kier molecular flexibility index (Phi) is 1.65. The Morgan fingerprint density at radius 1 is 1.27 bits per heavy atom. The van der Waals surface area contributed by atoms with Gasteiger partial charge in [-0.15, -0.1) is 11.3 Å². The topological polar surface area (TPSA) is 25.8 Å². The van der Waals surface area contributed by atoms with Gasteiger partial charge in [-0.1, -0.05) is 6.07 Å². The minimum atomic E-state index is 0.822. The van der Waals surface area contributed by atoms with Crippen LogP contribution in [0.5, 0.6) is 0 Å². The first-order chi connectivity index (χ1) is 5.47. The minimum Gasteiger partial charge on any atom is -0.253 e. The van der Waals surface area contributed by atoms with Crippen LogP contribution in [0, 0.1) is 6.07 Å². The zero-order valence-corrected chi connectivity index (χ0v) is 6.51. The summed E-state index contributed by atoms with van der Waals surface area (Å²) in [5.41, 5.74) is 0.822. The molecule has 2 rings (SSSR count). The molecule has 0 aliphatic carbocycles. The molecule has 2 aromatic heterocycles. The van der Waals surface area contributed by atoms with E-state index in [4.69, 9.17) is 0 Å². The Bertz CT molecular complexity index is 315. The van der Waals surface area contributed by atoms with Gasteiger partial charge >= 0.3 is 0 Å². The zero-order valence-electron chi connectivity index (χ0n) is 5.69. The van der Waals surface area contributed by atoms with Crippen molar-refractivity contribution in [1.82, 2.24) is 9.97 Å². The van der Waals surface area contributed by atoms with Gasteiger partial charge in [0.05, 0.1) is 0 Å². The first-order valence-electron chi connectivity index (χ1n) is 3.19. The first-order valence-corrected chi connectivity index (χ1v) is 4.07. The number of pyridine rings is 1. The van der Waals surface area contributed by atoms with Crippen molar-refractivity contribution >= 4 is 11.3 Å². The largest absolute Gasteiger partial charge is 0.253 e. The maximum atomic E-state index is 4.11. The van der Waals surface area contributed by atoms with Gasteiger partial charge in [0.1, 0.15) is 10.7 Å². The van der Waals surface area contributed by atoms with Crippen LogP contribution in [0.25, 0.3) is 10.7 Å². The second-order valence-corrected chi connectivity index (χ2v) is 2.86. The lowest BCUT2D eigenvalue weighted by Crippen LogP contribution is -1.78. The summed E-state index contributed by atoms with van der Waals surface area (Å²) in [7, 11) is 0. The van der Waals surface area contributed by atoms with Gasteiger partial charge in [0, 0.05) is 23.8 Å². The van der Waals surface area contributed by atoms with Gasteiger partial charge in [-0.05, 0) is 6.07 Å². The van der Waals surface area contributed by atoms with Crippen molar-refractivity contribution in [1.29, 1.82) is 0 Å². The van der Waals surface area contributed by atoms with Crippen LogP contribution in [0.1, 0.15) is 0 Å². The molecular weight excluding hydrogens is 156 g/mol. The van der Waals surface area contributed by atoms with Crippen molar-refractivity contribution in [2.75, 3.05) is 0 Å². The lowest BCUT2D eigenvalue weighted by molar-refractivity contribution is 1.29. The van der Waals surface area contributed by atoms with Gasteiger partial charge in [-0.3, -0.25) is 4.98 Å². The smallest absolute Gasteiger partial charge is 0.142 e. The molecule has 53 valence electrons. The molecule has 0 saturated carbocycles. The van der Waals surface area contributed by atoms with Crippen molar-refractivity contribution < 1.29 is 0 Å². The predicted octanol–water partition coefficient (Wildman–Crippen LogP) is 2.01. The molecule has 0 atom stereocenters. The predicted molar refractivity (Wildman–Crippen MR) is 44.2 cm³/mol. The molecule has 1 radical (unpaired) electrons. The number of hydrogen-bond acceptors (Lipinski definition) is 3. The first kappa shape index (κ1) is 6.49. The SMILES string of the molecule is [c]1cccnc1-c1nccs1. The molecule has 2 aromatic rings. The highest BCUT2D eigenvalue weighted by atomic mass is 32.1. The molecule has 2 heterocycles. The van der Waals surface area contributed by atoms with E-state index in [0.717, 1.165) is 10.7 Å². The van der Waals surface area contributed by atoms with Crippen LogP contribution < -0.4 is 0 Å². The molecule has 0 aliphatic rings. The maximum absolute atomic E-state index is 4.11. The number of hydrogen-bond donors (Lipinski definition) is 0. The molecule has 0 N–H and O–H groups in total. The maximum Gasteiger partial charge on any atom is 0.142 e. The Hall–Kier alpha value is -1.22.